The van der Waals surface area contributed by atoms with Gasteiger partial charge < -0.3 is 19.9 Å². The van der Waals surface area contributed by atoms with Crippen LogP contribution in [0, 0.1) is 11.8 Å². The van der Waals surface area contributed by atoms with E-state index in [0.29, 0.717) is 17.0 Å². The fourth-order valence-electron chi connectivity index (χ4n) is 1.49. The molecule has 1 rings (SSSR count). The minimum atomic E-state index is -0.379. The Morgan fingerprint density at radius 2 is 2.10 bits per heavy atom. The number of carbonyl (C=O) groups is 1. The maximum atomic E-state index is 11.9. The van der Waals surface area contributed by atoms with Gasteiger partial charge in [-0.25, -0.2) is 0 Å². The van der Waals surface area contributed by atoms with Gasteiger partial charge in [-0.1, -0.05) is 11.8 Å². The van der Waals surface area contributed by atoms with Crippen molar-refractivity contribution in [3.8, 4) is 17.6 Å². The van der Waals surface area contributed by atoms with Crippen LogP contribution in [0.1, 0.15) is 26.3 Å². The average Bonchev–Trinajstić information content (AvgIpc) is 2.42. The molecular formula is C16H21NO4. The van der Waals surface area contributed by atoms with Crippen LogP contribution >= 0.6 is 0 Å². The lowest BCUT2D eigenvalue weighted by molar-refractivity contribution is -0.125. The number of aliphatic hydroxyl groups excluding tert-OH is 1. The van der Waals surface area contributed by atoms with Crippen LogP contribution in [0.3, 0.4) is 0 Å². The molecule has 1 aromatic carbocycles. The van der Waals surface area contributed by atoms with E-state index < -0.39 is 0 Å². The highest BCUT2D eigenvalue weighted by molar-refractivity contribution is 5.93. The molecular weight excluding hydrogens is 270 g/mol. The van der Waals surface area contributed by atoms with Crippen LogP contribution in [0.25, 0.3) is 0 Å². The summed E-state index contributed by atoms with van der Waals surface area (Å²) >= 11 is 0. The molecule has 0 radical (unpaired) electrons. The van der Waals surface area contributed by atoms with E-state index in [1.54, 1.807) is 18.2 Å². The van der Waals surface area contributed by atoms with Crippen LogP contribution in [0.15, 0.2) is 18.2 Å². The van der Waals surface area contributed by atoms with Gasteiger partial charge in [0.15, 0.2) is 0 Å². The molecule has 1 aromatic rings. The van der Waals surface area contributed by atoms with Crippen molar-refractivity contribution in [1.82, 2.24) is 0 Å². The first-order valence-electron chi connectivity index (χ1n) is 6.57. The Hall–Kier alpha value is -2.03. The van der Waals surface area contributed by atoms with Gasteiger partial charge in [0.05, 0.1) is 18.4 Å². The number of hydrogen-bond donors (Lipinski definition) is 2. The Labute approximate surface area is 125 Å². The minimum absolute atomic E-state index is 0.0425. The summed E-state index contributed by atoms with van der Waals surface area (Å²) in [5.74, 6) is 5.60. The molecule has 5 nitrogen and oxygen atoms in total. The molecule has 0 saturated heterocycles. The lowest BCUT2D eigenvalue weighted by Gasteiger charge is -2.19. The number of rotatable bonds is 4. The third-order valence-corrected chi connectivity index (χ3v) is 2.42. The van der Waals surface area contributed by atoms with Crippen molar-refractivity contribution in [3.05, 3.63) is 23.8 Å². The highest BCUT2D eigenvalue weighted by Crippen LogP contribution is 2.25. The summed E-state index contributed by atoms with van der Waals surface area (Å²) in [5.41, 5.74) is 0.817. The third kappa shape index (κ3) is 6.30. The molecule has 0 bridgehead atoms. The number of anilines is 1. The number of methoxy groups -OCH3 is 1. The molecule has 1 amide bonds. The molecule has 0 aliphatic carbocycles. The monoisotopic (exact) mass is 291 g/mol. The summed E-state index contributed by atoms with van der Waals surface area (Å²) in [6, 6.07) is 5.15. The second-order valence-corrected chi connectivity index (χ2v) is 5.32. The zero-order chi connectivity index (χ0) is 15.9. The van der Waals surface area contributed by atoms with Gasteiger partial charge in [0.25, 0.3) is 0 Å². The first kappa shape index (κ1) is 17.0. The van der Waals surface area contributed by atoms with E-state index in [2.05, 4.69) is 17.2 Å². The van der Waals surface area contributed by atoms with E-state index >= 15 is 0 Å². The maximum absolute atomic E-state index is 11.9. The number of ether oxygens (including phenoxy) is 2. The van der Waals surface area contributed by atoms with Gasteiger partial charge in [0.2, 0.25) is 5.91 Å². The van der Waals surface area contributed by atoms with Crippen molar-refractivity contribution in [3.63, 3.8) is 0 Å². The smallest absolute Gasteiger partial charge is 0.250 e. The van der Waals surface area contributed by atoms with Crippen LogP contribution in [-0.4, -0.2) is 36.9 Å². The van der Waals surface area contributed by atoms with Crippen LogP contribution < -0.4 is 10.1 Å². The average molecular weight is 291 g/mol. The van der Waals surface area contributed by atoms with Crippen LogP contribution in [0.4, 0.5) is 5.69 Å². The number of aliphatic hydroxyl groups is 1. The predicted molar refractivity (Wildman–Crippen MR) is 81.3 cm³/mol. The summed E-state index contributed by atoms with van der Waals surface area (Å²) in [7, 11) is 1.52. The maximum Gasteiger partial charge on any atom is 0.250 e. The number of hydrogen-bond acceptors (Lipinski definition) is 4. The zero-order valence-corrected chi connectivity index (χ0v) is 12.8. The van der Waals surface area contributed by atoms with Crippen LogP contribution in [0.5, 0.6) is 5.75 Å². The molecule has 0 aliphatic rings. The molecule has 0 aromatic heterocycles. The lowest BCUT2D eigenvalue weighted by Crippen LogP contribution is -2.27. The highest BCUT2D eigenvalue weighted by atomic mass is 16.5. The first-order valence-corrected chi connectivity index (χ1v) is 6.57. The van der Waals surface area contributed by atoms with Gasteiger partial charge in [0, 0.05) is 5.56 Å². The van der Waals surface area contributed by atoms with E-state index in [0.717, 1.165) is 0 Å². The third-order valence-electron chi connectivity index (χ3n) is 2.42. The number of carbonyl (C=O) groups excluding carboxylic acids is 1. The van der Waals surface area contributed by atoms with Crippen molar-refractivity contribution in [2.75, 3.05) is 25.6 Å². The largest absolute Gasteiger partial charge is 0.495 e. The standard InChI is InChI=1S/C16H21NO4/c1-16(2,3)21-11-15(19)17-13-10-12(6-5-9-18)7-8-14(13)20-4/h7-8,10,18H,9,11H2,1-4H3,(H,17,19). The Balaban J connectivity index is 2.82. The topological polar surface area (TPSA) is 67.8 Å². The summed E-state index contributed by atoms with van der Waals surface area (Å²) in [4.78, 5) is 11.9. The quantitative estimate of drug-likeness (QED) is 0.830. The minimum Gasteiger partial charge on any atom is -0.495 e. The molecule has 0 atom stereocenters. The Bertz CT molecular complexity index is 550. The summed E-state index contributed by atoms with van der Waals surface area (Å²) < 4.78 is 10.6. The first-order chi connectivity index (χ1) is 9.85. The molecule has 114 valence electrons. The molecule has 5 heteroatoms. The van der Waals surface area contributed by atoms with Gasteiger partial charge >= 0.3 is 0 Å². The van der Waals surface area contributed by atoms with Crippen molar-refractivity contribution in [2.24, 2.45) is 0 Å². The van der Waals surface area contributed by atoms with E-state index in [1.807, 2.05) is 20.8 Å². The van der Waals surface area contributed by atoms with Crippen molar-refractivity contribution >= 4 is 11.6 Å². The summed E-state index contributed by atoms with van der Waals surface area (Å²) in [6.45, 7) is 5.39. The SMILES string of the molecule is COc1ccc(C#CCO)cc1NC(=O)COC(C)(C)C. The molecule has 2 N–H and O–H groups in total. The van der Waals surface area contributed by atoms with Crippen molar-refractivity contribution in [1.29, 1.82) is 0 Å². The van der Waals surface area contributed by atoms with Crippen LogP contribution in [-0.2, 0) is 9.53 Å². The molecule has 0 unspecified atom stereocenters. The Morgan fingerprint density at radius 1 is 1.38 bits per heavy atom. The molecule has 0 spiro atoms. The van der Waals surface area contributed by atoms with Gasteiger partial charge in [-0.05, 0) is 39.0 Å². The van der Waals surface area contributed by atoms with Gasteiger partial charge in [0.1, 0.15) is 19.0 Å². The normalized spacial score (nSPS) is 10.5. The van der Waals surface area contributed by atoms with E-state index in [-0.39, 0.29) is 24.7 Å². The van der Waals surface area contributed by atoms with E-state index in [1.165, 1.54) is 7.11 Å². The fourth-order valence-corrected chi connectivity index (χ4v) is 1.49. The van der Waals surface area contributed by atoms with Crippen LogP contribution in [0.2, 0.25) is 0 Å². The molecule has 0 saturated carbocycles. The molecule has 0 fully saturated rings. The lowest BCUT2D eigenvalue weighted by atomic mass is 10.2. The number of amides is 1. The van der Waals surface area contributed by atoms with Crippen molar-refractivity contribution < 1.29 is 19.4 Å². The number of benzene rings is 1. The molecule has 0 aliphatic heterocycles. The highest BCUT2D eigenvalue weighted by Gasteiger charge is 2.14. The van der Waals surface area contributed by atoms with E-state index in [9.17, 15) is 4.79 Å². The van der Waals surface area contributed by atoms with E-state index in [4.69, 9.17) is 14.6 Å². The number of nitrogens with one attached hydrogen (secondary N) is 1. The fraction of sp³-hybridized carbons (Fsp3) is 0.438. The summed E-state index contributed by atoms with van der Waals surface area (Å²) in [5, 5.41) is 11.4. The van der Waals surface area contributed by atoms with Gasteiger partial charge in [-0.15, -0.1) is 0 Å². The molecule has 0 heterocycles. The Kier molecular flexibility index (Phi) is 6.22. The zero-order valence-electron chi connectivity index (χ0n) is 12.8. The Morgan fingerprint density at radius 3 is 2.67 bits per heavy atom. The predicted octanol–water partition coefficient (Wildman–Crippen LogP) is 1.79. The van der Waals surface area contributed by atoms with Gasteiger partial charge in [-0.2, -0.15) is 0 Å². The second kappa shape index (κ2) is 7.67. The van der Waals surface area contributed by atoms with Crippen molar-refractivity contribution in [2.45, 2.75) is 26.4 Å². The van der Waals surface area contributed by atoms with Gasteiger partial charge in [-0.3, -0.25) is 4.79 Å². The second-order valence-electron chi connectivity index (χ2n) is 5.32. The summed E-state index contributed by atoms with van der Waals surface area (Å²) in [6.07, 6.45) is 0. The molecule has 21 heavy (non-hydrogen) atoms.